The smallest absolute Gasteiger partial charge is 0.272 e. The maximum atomic E-state index is 12.3. The van der Waals surface area contributed by atoms with E-state index in [2.05, 4.69) is 21.4 Å². The number of hydrogen-bond donors (Lipinski definition) is 1. The van der Waals surface area contributed by atoms with E-state index in [-0.39, 0.29) is 5.91 Å². The minimum atomic E-state index is -0.0366. The second-order valence-corrected chi connectivity index (χ2v) is 5.55. The molecule has 1 aliphatic rings. The van der Waals surface area contributed by atoms with Crippen LogP contribution in [0, 0.1) is 0 Å². The van der Waals surface area contributed by atoms with E-state index in [1.807, 2.05) is 13.8 Å². The maximum Gasteiger partial charge on any atom is 0.272 e. The molecule has 0 atom stereocenters. The SMILES string of the molecule is CCN(CC)C(=O)c1cc(NCCC2=CCCCC2)ncn1. The van der Waals surface area contributed by atoms with Crippen LogP contribution < -0.4 is 5.32 Å². The number of amides is 1. The Labute approximate surface area is 132 Å². The van der Waals surface area contributed by atoms with Gasteiger partial charge in [-0.1, -0.05) is 11.6 Å². The summed E-state index contributed by atoms with van der Waals surface area (Å²) in [5.41, 5.74) is 1.99. The Balaban J connectivity index is 1.90. The van der Waals surface area contributed by atoms with Crippen LogP contribution in [0.2, 0.25) is 0 Å². The zero-order chi connectivity index (χ0) is 15.8. The molecule has 120 valence electrons. The summed E-state index contributed by atoms with van der Waals surface area (Å²) in [5, 5.41) is 3.30. The third-order valence-electron chi connectivity index (χ3n) is 4.07. The van der Waals surface area contributed by atoms with Gasteiger partial charge in [0.05, 0.1) is 0 Å². The van der Waals surface area contributed by atoms with Gasteiger partial charge in [0, 0.05) is 25.7 Å². The highest BCUT2D eigenvalue weighted by Gasteiger charge is 2.14. The monoisotopic (exact) mass is 302 g/mol. The highest BCUT2D eigenvalue weighted by Crippen LogP contribution is 2.20. The van der Waals surface area contributed by atoms with Crippen molar-refractivity contribution in [2.24, 2.45) is 0 Å². The highest BCUT2D eigenvalue weighted by atomic mass is 16.2. The molecule has 0 saturated heterocycles. The van der Waals surface area contributed by atoms with Crippen LogP contribution in [0.4, 0.5) is 5.82 Å². The van der Waals surface area contributed by atoms with Crippen molar-refractivity contribution in [3.05, 3.63) is 29.7 Å². The minimum Gasteiger partial charge on any atom is -0.370 e. The van der Waals surface area contributed by atoms with E-state index in [0.717, 1.165) is 18.8 Å². The van der Waals surface area contributed by atoms with Crippen LogP contribution in [-0.2, 0) is 0 Å². The molecule has 1 aromatic heterocycles. The van der Waals surface area contributed by atoms with Crippen molar-refractivity contribution in [2.45, 2.75) is 46.0 Å². The van der Waals surface area contributed by atoms with Crippen molar-refractivity contribution in [3.8, 4) is 0 Å². The molecular formula is C17H26N4O. The van der Waals surface area contributed by atoms with Gasteiger partial charge in [-0.2, -0.15) is 0 Å². The van der Waals surface area contributed by atoms with Gasteiger partial charge in [-0.3, -0.25) is 4.79 Å². The second-order valence-electron chi connectivity index (χ2n) is 5.55. The number of aromatic nitrogens is 2. The summed E-state index contributed by atoms with van der Waals surface area (Å²) in [7, 11) is 0. The number of anilines is 1. The topological polar surface area (TPSA) is 58.1 Å². The van der Waals surface area contributed by atoms with Gasteiger partial charge in [0.15, 0.2) is 0 Å². The molecule has 1 aliphatic carbocycles. The standard InChI is InChI=1S/C17H26N4O/c1-3-21(4-2)17(22)15-12-16(20-13-19-15)18-11-10-14-8-6-5-7-9-14/h8,12-13H,3-7,9-11H2,1-2H3,(H,18,19,20). The Hall–Kier alpha value is -1.91. The summed E-state index contributed by atoms with van der Waals surface area (Å²) in [5.74, 6) is 0.687. The molecule has 0 aromatic carbocycles. The molecule has 5 heteroatoms. The zero-order valence-corrected chi connectivity index (χ0v) is 13.6. The van der Waals surface area contributed by atoms with E-state index >= 15 is 0 Å². The molecule has 22 heavy (non-hydrogen) atoms. The van der Waals surface area contributed by atoms with Crippen LogP contribution in [0.3, 0.4) is 0 Å². The molecule has 0 saturated carbocycles. The van der Waals surface area contributed by atoms with Gasteiger partial charge in [-0.15, -0.1) is 0 Å². The summed E-state index contributed by atoms with van der Waals surface area (Å²) in [4.78, 5) is 22.3. The highest BCUT2D eigenvalue weighted by molar-refractivity contribution is 5.92. The van der Waals surface area contributed by atoms with Crippen molar-refractivity contribution in [3.63, 3.8) is 0 Å². The third kappa shape index (κ3) is 4.55. The van der Waals surface area contributed by atoms with Crippen LogP contribution in [0.5, 0.6) is 0 Å². The van der Waals surface area contributed by atoms with Crippen molar-refractivity contribution in [1.29, 1.82) is 0 Å². The van der Waals surface area contributed by atoms with E-state index in [9.17, 15) is 4.79 Å². The first kappa shape index (κ1) is 16.5. The van der Waals surface area contributed by atoms with Crippen LogP contribution in [0.25, 0.3) is 0 Å². The van der Waals surface area contributed by atoms with Crippen LogP contribution in [0.1, 0.15) is 56.4 Å². The van der Waals surface area contributed by atoms with Gasteiger partial charge < -0.3 is 10.2 Å². The van der Waals surface area contributed by atoms with Crippen LogP contribution >= 0.6 is 0 Å². The largest absolute Gasteiger partial charge is 0.370 e. The number of carbonyl (C=O) groups excluding carboxylic acids is 1. The van der Waals surface area contributed by atoms with Crippen molar-refractivity contribution >= 4 is 11.7 Å². The predicted molar refractivity (Wildman–Crippen MR) is 88.9 cm³/mol. The predicted octanol–water partition coefficient (Wildman–Crippen LogP) is 3.26. The van der Waals surface area contributed by atoms with Gasteiger partial charge in [0.2, 0.25) is 0 Å². The number of carbonyl (C=O) groups is 1. The molecular weight excluding hydrogens is 276 g/mol. The lowest BCUT2D eigenvalue weighted by Crippen LogP contribution is -2.31. The van der Waals surface area contributed by atoms with Crippen molar-refractivity contribution in [1.82, 2.24) is 14.9 Å². The summed E-state index contributed by atoms with van der Waals surface area (Å²) < 4.78 is 0. The molecule has 0 radical (unpaired) electrons. The Morgan fingerprint density at radius 3 is 2.77 bits per heavy atom. The average molecular weight is 302 g/mol. The Kier molecular flexibility index (Phi) is 6.37. The van der Waals surface area contributed by atoms with Crippen LogP contribution in [-0.4, -0.2) is 40.4 Å². The molecule has 1 amide bonds. The number of nitrogens with one attached hydrogen (secondary N) is 1. The fraction of sp³-hybridized carbons (Fsp3) is 0.588. The first-order chi connectivity index (χ1) is 10.7. The summed E-state index contributed by atoms with van der Waals surface area (Å²) in [6, 6.07) is 1.75. The van der Waals surface area contributed by atoms with Crippen LogP contribution in [0.15, 0.2) is 24.0 Å². The van der Waals surface area contributed by atoms with E-state index in [4.69, 9.17) is 0 Å². The Morgan fingerprint density at radius 2 is 2.09 bits per heavy atom. The van der Waals surface area contributed by atoms with Crippen molar-refractivity contribution in [2.75, 3.05) is 25.0 Å². The number of hydrogen-bond acceptors (Lipinski definition) is 4. The molecule has 2 rings (SSSR count). The average Bonchev–Trinajstić information content (AvgIpc) is 2.57. The maximum absolute atomic E-state index is 12.3. The first-order valence-corrected chi connectivity index (χ1v) is 8.27. The zero-order valence-electron chi connectivity index (χ0n) is 13.6. The number of rotatable bonds is 7. The second kappa shape index (κ2) is 8.51. The Bertz CT molecular complexity index is 523. The molecule has 0 spiro atoms. The summed E-state index contributed by atoms with van der Waals surface area (Å²) in [6.45, 7) is 6.17. The van der Waals surface area contributed by atoms with Gasteiger partial charge in [-0.05, 0) is 46.0 Å². The molecule has 5 nitrogen and oxygen atoms in total. The van der Waals surface area contributed by atoms with Gasteiger partial charge in [0.1, 0.15) is 17.8 Å². The summed E-state index contributed by atoms with van der Waals surface area (Å²) >= 11 is 0. The van der Waals surface area contributed by atoms with E-state index in [1.165, 1.54) is 37.6 Å². The lowest BCUT2D eigenvalue weighted by Gasteiger charge is -2.18. The number of nitrogens with zero attached hydrogens (tertiary/aromatic N) is 3. The molecule has 0 unspecified atom stereocenters. The van der Waals surface area contributed by atoms with Crippen molar-refractivity contribution < 1.29 is 4.79 Å². The fourth-order valence-corrected chi connectivity index (χ4v) is 2.73. The van der Waals surface area contributed by atoms with E-state index < -0.39 is 0 Å². The fourth-order valence-electron chi connectivity index (χ4n) is 2.73. The normalized spacial score (nSPS) is 14.4. The minimum absolute atomic E-state index is 0.0366. The molecule has 1 aromatic rings. The third-order valence-corrected chi connectivity index (χ3v) is 4.07. The van der Waals surface area contributed by atoms with E-state index in [0.29, 0.717) is 18.8 Å². The van der Waals surface area contributed by atoms with Gasteiger partial charge in [0.25, 0.3) is 5.91 Å². The first-order valence-electron chi connectivity index (χ1n) is 8.27. The Morgan fingerprint density at radius 1 is 1.27 bits per heavy atom. The molecule has 0 fully saturated rings. The molecule has 1 heterocycles. The molecule has 0 bridgehead atoms. The quantitative estimate of drug-likeness (QED) is 0.785. The number of allylic oxidation sites excluding steroid dienone is 1. The lowest BCUT2D eigenvalue weighted by atomic mass is 9.97. The lowest BCUT2D eigenvalue weighted by molar-refractivity contribution is 0.0767. The molecule has 0 aliphatic heterocycles. The van der Waals surface area contributed by atoms with E-state index in [1.54, 1.807) is 11.0 Å². The van der Waals surface area contributed by atoms with Gasteiger partial charge in [-0.25, -0.2) is 9.97 Å². The molecule has 1 N–H and O–H groups in total. The summed E-state index contributed by atoms with van der Waals surface area (Å²) in [6.07, 6.45) is 9.92. The van der Waals surface area contributed by atoms with Gasteiger partial charge >= 0.3 is 0 Å².